The highest BCUT2D eigenvalue weighted by Crippen LogP contribution is 2.40. The van der Waals surface area contributed by atoms with Crippen LogP contribution in [0.1, 0.15) is 80.2 Å². The first-order valence-corrected chi connectivity index (χ1v) is 8.76. The molecule has 0 saturated carbocycles. The molecular formula is C20H28N2O2. The van der Waals surface area contributed by atoms with Gasteiger partial charge in [-0.15, -0.1) is 0 Å². The first kappa shape index (κ1) is 18.4. The minimum Gasteiger partial charge on any atom is -0.352 e. The number of aldehydes is 2. The van der Waals surface area contributed by atoms with Gasteiger partial charge in [0.15, 0.2) is 12.6 Å². The molecule has 0 radical (unpaired) electrons. The van der Waals surface area contributed by atoms with E-state index in [1.807, 2.05) is 13.8 Å². The largest absolute Gasteiger partial charge is 0.352 e. The second-order valence-electron chi connectivity index (χ2n) is 7.34. The number of nitrogens with zero attached hydrogens (tertiary/aromatic N) is 1. The average Bonchev–Trinajstić information content (AvgIpc) is 3.01. The molecule has 0 atom stereocenters. The summed E-state index contributed by atoms with van der Waals surface area (Å²) in [5, 5.41) is 0. The Morgan fingerprint density at radius 1 is 1.17 bits per heavy atom. The summed E-state index contributed by atoms with van der Waals surface area (Å²) in [5.41, 5.74) is 6.26. The van der Waals surface area contributed by atoms with Crippen LogP contribution >= 0.6 is 0 Å². The number of aromatic nitrogens is 1. The number of hydrogen-bond acceptors (Lipinski definition) is 3. The molecule has 0 spiro atoms. The van der Waals surface area contributed by atoms with Crippen LogP contribution in [-0.2, 0) is 4.79 Å². The molecule has 4 heteroatoms. The lowest BCUT2D eigenvalue weighted by molar-refractivity contribution is -0.103. The van der Waals surface area contributed by atoms with Crippen molar-refractivity contribution in [3.63, 3.8) is 0 Å². The highest BCUT2D eigenvalue weighted by molar-refractivity contribution is 6.32. The number of aromatic amines is 1. The number of allylic oxidation sites excluding steroid dienone is 2. The van der Waals surface area contributed by atoms with Crippen LogP contribution in [0.2, 0.25) is 0 Å². The standard InChI is InChI=1S/C20H28N2O2/c1-6-7-8-9-15(16-10-20(4,5)18(12-24)21-16)19-14(3)13(2)17(11-23)22-19/h11-12,22H,6-10H2,1-5H3/b16-15-. The molecule has 0 saturated heterocycles. The van der Waals surface area contributed by atoms with Gasteiger partial charge in [-0.2, -0.15) is 0 Å². The van der Waals surface area contributed by atoms with Crippen LogP contribution in [0.15, 0.2) is 10.7 Å². The van der Waals surface area contributed by atoms with E-state index in [1.54, 1.807) is 0 Å². The monoisotopic (exact) mass is 328 g/mol. The van der Waals surface area contributed by atoms with Gasteiger partial charge < -0.3 is 4.98 Å². The van der Waals surface area contributed by atoms with Crippen molar-refractivity contribution in [1.82, 2.24) is 4.98 Å². The van der Waals surface area contributed by atoms with E-state index in [1.165, 1.54) is 0 Å². The number of aliphatic imine (C=N–C) groups is 1. The summed E-state index contributed by atoms with van der Waals surface area (Å²) in [7, 11) is 0. The predicted octanol–water partition coefficient (Wildman–Crippen LogP) is 4.81. The second kappa shape index (κ2) is 7.29. The summed E-state index contributed by atoms with van der Waals surface area (Å²) in [6.07, 6.45) is 6.81. The molecule has 1 aliphatic rings. The van der Waals surface area contributed by atoms with Crippen LogP contribution in [-0.4, -0.2) is 23.3 Å². The van der Waals surface area contributed by atoms with E-state index in [9.17, 15) is 9.59 Å². The Morgan fingerprint density at radius 2 is 1.88 bits per heavy atom. The van der Waals surface area contributed by atoms with Gasteiger partial charge >= 0.3 is 0 Å². The van der Waals surface area contributed by atoms with E-state index in [2.05, 4.69) is 30.7 Å². The van der Waals surface area contributed by atoms with Crippen LogP contribution in [0.3, 0.4) is 0 Å². The zero-order valence-electron chi connectivity index (χ0n) is 15.5. The molecule has 0 unspecified atom stereocenters. The number of hydrogen-bond donors (Lipinski definition) is 1. The van der Waals surface area contributed by atoms with Crippen molar-refractivity contribution in [2.45, 2.75) is 66.7 Å². The molecule has 24 heavy (non-hydrogen) atoms. The number of carbonyl (C=O) groups excluding carboxylic acids is 2. The summed E-state index contributed by atoms with van der Waals surface area (Å²) in [6.45, 7) is 10.3. The first-order valence-electron chi connectivity index (χ1n) is 8.76. The minimum absolute atomic E-state index is 0.226. The SMILES string of the molecule is CCCCC/C(=C1\CC(C)(C)C(C=O)=N1)c1[nH]c(C=O)c(C)c1C. The lowest BCUT2D eigenvalue weighted by Crippen LogP contribution is -2.20. The maximum atomic E-state index is 11.4. The van der Waals surface area contributed by atoms with E-state index in [0.717, 1.165) is 72.8 Å². The predicted molar refractivity (Wildman–Crippen MR) is 98.6 cm³/mol. The first-order chi connectivity index (χ1) is 11.4. The summed E-state index contributed by atoms with van der Waals surface area (Å²) in [4.78, 5) is 30.5. The van der Waals surface area contributed by atoms with Crippen molar-refractivity contribution in [2.75, 3.05) is 0 Å². The zero-order chi connectivity index (χ0) is 17.9. The maximum Gasteiger partial charge on any atom is 0.166 e. The molecule has 1 aliphatic heterocycles. The van der Waals surface area contributed by atoms with Crippen LogP contribution in [0.4, 0.5) is 0 Å². The Morgan fingerprint density at radius 3 is 2.38 bits per heavy atom. The topological polar surface area (TPSA) is 62.3 Å². The van der Waals surface area contributed by atoms with E-state index >= 15 is 0 Å². The Kier molecular flexibility index (Phi) is 5.58. The molecule has 1 aromatic heterocycles. The fourth-order valence-electron chi connectivity index (χ4n) is 3.30. The van der Waals surface area contributed by atoms with Crippen LogP contribution in [0.5, 0.6) is 0 Å². The van der Waals surface area contributed by atoms with Gasteiger partial charge in [-0.1, -0.05) is 33.6 Å². The van der Waals surface area contributed by atoms with Crippen LogP contribution in [0, 0.1) is 19.3 Å². The lowest BCUT2D eigenvalue weighted by atomic mass is 9.84. The van der Waals surface area contributed by atoms with Crippen molar-refractivity contribution < 1.29 is 9.59 Å². The van der Waals surface area contributed by atoms with E-state index < -0.39 is 0 Å². The van der Waals surface area contributed by atoms with Gasteiger partial charge in [-0.3, -0.25) is 14.6 Å². The third-order valence-corrected chi connectivity index (χ3v) is 5.07. The molecule has 1 aromatic rings. The van der Waals surface area contributed by atoms with Gasteiger partial charge in [-0.25, -0.2) is 0 Å². The Balaban J connectivity index is 2.55. The van der Waals surface area contributed by atoms with Gasteiger partial charge in [0.05, 0.1) is 11.4 Å². The van der Waals surface area contributed by atoms with Crippen molar-refractivity contribution in [3.05, 3.63) is 28.2 Å². The molecular weight excluding hydrogens is 300 g/mol. The highest BCUT2D eigenvalue weighted by atomic mass is 16.1. The number of carbonyl (C=O) groups is 2. The zero-order valence-corrected chi connectivity index (χ0v) is 15.5. The van der Waals surface area contributed by atoms with Crippen LogP contribution < -0.4 is 0 Å². The Labute approximate surface area is 144 Å². The van der Waals surface area contributed by atoms with E-state index in [0.29, 0.717) is 11.4 Å². The van der Waals surface area contributed by atoms with Crippen molar-refractivity contribution in [1.29, 1.82) is 0 Å². The third-order valence-electron chi connectivity index (χ3n) is 5.07. The molecule has 1 N–H and O–H groups in total. The van der Waals surface area contributed by atoms with E-state index in [4.69, 9.17) is 0 Å². The number of H-pyrrole nitrogens is 1. The molecule has 0 fully saturated rings. The smallest absolute Gasteiger partial charge is 0.166 e. The third kappa shape index (κ3) is 3.42. The molecule has 0 aromatic carbocycles. The van der Waals surface area contributed by atoms with Gasteiger partial charge in [-0.05, 0) is 43.4 Å². The second-order valence-corrected chi connectivity index (χ2v) is 7.34. The highest BCUT2D eigenvalue weighted by Gasteiger charge is 2.34. The summed E-state index contributed by atoms with van der Waals surface area (Å²) >= 11 is 0. The maximum absolute atomic E-state index is 11.4. The van der Waals surface area contributed by atoms with Crippen molar-refractivity contribution >= 4 is 23.9 Å². The molecule has 0 aliphatic carbocycles. The summed E-state index contributed by atoms with van der Waals surface area (Å²) in [5.74, 6) is 0. The van der Waals surface area contributed by atoms with E-state index in [-0.39, 0.29) is 5.41 Å². The molecule has 130 valence electrons. The van der Waals surface area contributed by atoms with Crippen molar-refractivity contribution in [3.8, 4) is 0 Å². The molecule has 0 amide bonds. The molecule has 0 bridgehead atoms. The minimum atomic E-state index is -0.226. The molecule has 4 nitrogen and oxygen atoms in total. The summed E-state index contributed by atoms with van der Waals surface area (Å²) in [6, 6.07) is 0. The van der Waals surface area contributed by atoms with Gasteiger partial charge in [0.2, 0.25) is 0 Å². The fraction of sp³-hybridized carbons (Fsp3) is 0.550. The summed E-state index contributed by atoms with van der Waals surface area (Å²) < 4.78 is 0. The fourth-order valence-corrected chi connectivity index (χ4v) is 3.30. The van der Waals surface area contributed by atoms with Gasteiger partial charge in [0, 0.05) is 23.2 Å². The van der Waals surface area contributed by atoms with Crippen LogP contribution in [0.25, 0.3) is 5.57 Å². The van der Waals surface area contributed by atoms with Gasteiger partial charge in [0.25, 0.3) is 0 Å². The van der Waals surface area contributed by atoms with Crippen molar-refractivity contribution in [2.24, 2.45) is 10.4 Å². The molecule has 2 heterocycles. The molecule has 2 rings (SSSR count). The lowest BCUT2D eigenvalue weighted by Gasteiger charge is -2.16. The Hall–Kier alpha value is -1.97. The normalized spacial score (nSPS) is 18.5. The number of nitrogens with one attached hydrogen (secondary N) is 1. The quantitative estimate of drug-likeness (QED) is 0.577. The average molecular weight is 328 g/mol. The Bertz CT molecular complexity index is 705. The number of unbranched alkanes of at least 4 members (excludes halogenated alkanes) is 2. The number of rotatable bonds is 7. The van der Waals surface area contributed by atoms with Gasteiger partial charge in [0.1, 0.15) is 0 Å².